The zero-order valence-corrected chi connectivity index (χ0v) is 10.7. The molecule has 0 bridgehead atoms. The van der Waals surface area contributed by atoms with Gasteiger partial charge in [0.15, 0.2) is 0 Å². The van der Waals surface area contributed by atoms with Crippen LogP contribution in [0.5, 0.6) is 0 Å². The molecule has 2 aromatic rings. The third-order valence-electron chi connectivity index (χ3n) is 2.64. The summed E-state index contributed by atoms with van der Waals surface area (Å²) in [7, 11) is 0. The van der Waals surface area contributed by atoms with Crippen molar-refractivity contribution < 1.29 is 9.31 Å². The van der Waals surface area contributed by atoms with E-state index in [9.17, 15) is 14.5 Å². The van der Waals surface area contributed by atoms with Gasteiger partial charge in [-0.2, -0.15) is 5.10 Å². The Kier molecular flexibility index (Phi) is 3.66. The number of anilines is 1. The molecule has 0 aliphatic heterocycles. The number of nitrogens with zero attached hydrogens (tertiary/aromatic N) is 2. The van der Waals surface area contributed by atoms with Crippen molar-refractivity contribution in [1.29, 1.82) is 0 Å². The van der Waals surface area contributed by atoms with E-state index in [0.717, 1.165) is 23.4 Å². The SMILES string of the molecule is Cc1[nH]ncc1CNc1cc(F)c(Cl)cc1[N+](=O)[O-]. The Labute approximate surface area is 112 Å². The molecule has 0 saturated heterocycles. The van der Waals surface area contributed by atoms with E-state index < -0.39 is 10.7 Å². The normalized spacial score (nSPS) is 10.5. The summed E-state index contributed by atoms with van der Waals surface area (Å²) >= 11 is 5.53. The predicted octanol–water partition coefficient (Wildman–Crippen LogP) is 3.03. The van der Waals surface area contributed by atoms with Crippen molar-refractivity contribution >= 4 is 23.0 Å². The van der Waals surface area contributed by atoms with Crippen LogP contribution >= 0.6 is 11.6 Å². The van der Waals surface area contributed by atoms with Gasteiger partial charge < -0.3 is 5.32 Å². The first kappa shape index (κ1) is 13.3. The summed E-state index contributed by atoms with van der Waals surface area (Å²) in [6, 6.07) is 2.00. The highest BCUT2D eigenvalue weighted by Gasteiger charge is 2.17. The molecule has 0 aliphatic carbocycles. The Balaban J connectivity index is 2.26. The van der Waals surface area contributed by atoms with Crippen molar-refractivity contribution in [3.63, 3.8) is 0 Å². The van der Waals surface area contributed by atoms with Gasteiger partial charge in [0.2, 0.25) is 0 Å². The van der Waals surface area contributed by atoms with E-state index in [1.54, 1.807) is 6.20 Å². The summed E-state index contributed by atoms with van der Waals surface area (Å²) in [6.07, 6.45) is 1.60. The van der Waals surface area contributed by atoms with Crippen LogP contribution in [0.4, 0.5) is 15.8 Å². The fourth-order valence-corrected chi connectivity index (χ4v) is 1.73. The number of nitro groups is 1. The number of hydrogen-bond donors (Lipinski definition) is 2. The van der Waals surface area contributed by atoms with Gasteiger partial charge >= 0.3 is 0 Å². The van der Waals surface area contributed by atoms with Crippen molar-refractivity contribution in [3.05, 3.63) is 50.5 Å². The minimum Gasteiger partial charge on any atom is -0.375 e. The lowest BCUT2D eigenvalue weighted by atomic mass is 10.2. The molecule has 0 radical (unpaired) electrons. The lowest BCUT2D eigenvalue weighted by molar-refractivity contribution is -0.384. The first-order valence-electron chi connectivity index (χ1n) is 5.35. The summed E-state index contributed by atoms with van der Waals surface area (Å²) in [5.74, 6) is -0.710. The van der Waals surface area contributed by atoms with Gasteiger partial charge in [0.05, 0.1) is 16.1 Å². The summed E-state index contributed by atoms with van der Waals surface area (Å²) < 4.78 is 13.4. The van der Waals surface area contributed by atoms with Gasteiger partial charge in [-0.05, 0) is 6.92 Å². The smallest absolute Gasteiger partial charge is 0.294 e. The summed E-state index contributed by atoms with van der Waals surface area (Å²) in [5.41, 5.74) is 1.48. The van der Waals surface area contributed by atoms with Gasteiger partial charge in [-0.25, -0.2) is 4.39 Å². The summed E-state index contributed by atoms with van der Waals surface area (Å²) in [5, 5.41) is 20.0. The van der Waals surface area contributed by atoms with Crippen LogP contribution < -0.4 is 5.32 Å². The third-order valence-corrected chi connectivity index (χ3v) is 2.93. The Morgan fingerprint density at radius 3 is 2.89 bits per heavy atom. The maximum absolute atomic E-state index is 13.4. The van der Waals surface area contributed by atoms with E-state index in [2.05, 4.69) is 15.5 Å². The van der Waals surface area contributed by atoms with Crippen LogP contribution in [0.15, 0.2) is 18.3 Å². The fourth-order valence-electron chi connectivity index (χ4n) is 1.57. The lowest BCUT2D eigenvalue weighted by Gasteiger charge is -2.07. The van der Waals surface area contributed by atoms with Crippen molar-refractivity contribution in [1.82, 2.24) is 10.2 Å². The van der Waals surface area contributed by atoms with Gasteiger partial charge in [0.25, 0.3) is 5.69 Å². The number of aromatic nitrogens is 2. The molecular formula is C11H10ClFN4O2. The van der Waals surface area contributed by atoms with Crippen molar-refractivity contribution in [2.45, 2.75) is 13.5 Å². The molecule has 0 spiro atoms. The minimum atomic E-state index is -0.710. The lowest BCUT2D eigenvalue weighted by Crippen LogP contribution is -2.04. The van der Waals surface area contributed by atoms with E-state index >= 15 is 0 Å². The monoisotopic (exact) mass is 284 g/mol. The number of hydrogen-bond acceptors (Lipinski definition) is 4. The predicted molar refractivity (Wildman–Crippen MR) is 68.7 cm³/mol. The summed E-state index contributed by atoms with van der Waals surface area (Å²) in [6.45, 7) is 2.12. The number of nitro benzene ring substituents is 1. The topological polar surface area (TPSA) is 83.8 Å². The van der Waals surface area contributed by atoms with E-state index in [1.807, 2.05) is 6.92 Å². The van der Waals surface area contributed by atoms with Crippen LogP contribution in [-0.4, -0.2) is 15.1 Å². The second-order valence-corrected chi connectivity index (χ2v) is 4.32. The molecule has 0 saturated carbocycles. The highest BCUT2D eigenvalue weighted by molar-refractivity contribution is 6.31. The second-order valence-electron chi connectivity index (χ2n) is 3.91. The number of H-pyrrole nitrogens is 1. The van der Waals surface area contributed by atoms with Gasteiger partial charge in [-0.3, -0.25) is 15.2 Å². The van der Waals surface area contributed by atoms with Crippen molar-refractivity contribution in [2.75, 3.05) is 5.32 Å². The molecular weight excluding hydrogens is 275 g/mol. The molecule has 1 heterocycles. The van der Waals surface area contributed by atoms with Gasteiger partial charge in [-0.1, -0.05) is 11.6 Å². The fraction of sp³-hybridized carbons (Fsp3) is 0.182. The van der Waals surface area contributed by atoms with Gasteiger partial charge in [-0.15, -0.1) is 0 Å². The zero-order valence-electron chi connectivity index (χ0n) is 9.91. The van der Waals surface area contributed by atoms with Crippen LogP contribution in [0.3, 0.4) is 0 Å². The number of rotatable bonds is 4. The molecule has 0 amide bonds. The molecule has 0 unspecified atom stereocenters. The largest absolute Gasteiger partial charge is 0.375 e. The number of aromatic amines is 1. The molecule has 2 rings (SSSR count). The maximum atomic E-state index is 13.4. The molecule has 0 fully saturated rings. The molecule has 8 heteroatoms. The average molecular weight is 285 g/mol. The Bertz CT molecular complexity index is 629. The van der Waals surface area contributed by atoms with Gasteiger partial charge in [0.1, 0.15) is 11.5 Å². The Morgan fingerprint density at radius 2 is 2.32 bits per heavy atom. The van der Waals surface area contributed by atoms with Crippen LogP contribution in [0.1, 0.15) is 11.3 Å². The number of benzene rings is 1. The van der Waals surface area contributed by atoms with E-state index in [1.165, 1.54) is 0 Å². The highest BCUT2D eigenvalue weighted by Crippen LogP contribution is 2.30. The highest BCUT2D eigenvalue weighted by atomic mass is 35.5. The second kappa shape index (κ2) is 5.23. The molecule has 1 aromatic heterocycles. The molecule has 0 atom stereocenters. The molecule has 2 N–H and O–H groups in total. The minimum absolute atomic E-state index is 0.0764. The number of halogens is 2. The Morgan fingerprint density at radius 1 is 1.58 bits per heavy atom. The first-order chi connectivity index (χ1) is 8.99. The Hall–Kier alpha value is -2.15. The zero-order chi connectivity index (χ0) is 14.0. The molecule has 19 heavy (non-hydrogen) atoms. The summed E-state index contributed by atoms with van der Waals surface area (Å²) in [4.78, 5) is 10.3. The number of aryl methyl sites for hydroxylation is 1. The molecule has 6 nitrogen and oxygen atoms in total. The quantitative estimate of drug-likeness (QED) is 0.667. The maximum Gasteiger partial charge on any atom is 0.294 e. The number of nitrogens with one attached hydrogen (secondary N) is 2. The van der Waals surface area contributed by atoms with Crippen molar-refractivity contribution in [3.8, 4) is 0 Å². The van der Waals surface area contributed by atoms with Crippen LogP contribution in [0, 0.1) is 22.9 Å². The van der Waals surface area contributed by atoms with Crippen molar-refractivity contribution in [2.24, 2.45) is 0 Å². The molecule has 100 valence electrons. The average Bonchev–Trinajstić information content (AvgIpc) is 2.75. The van der Waals surface area contributed by atoms with Crippen LogP contribution in [-0.2, 0) is 6.54 Å². The van der Waals surface area contributed by atoms with Crippen LogP contribution in [0.2, 0.25) is 5.02 Å². The van der Waals surface area contributed by atoms with E-state index in [-0.39, 0.29) is 16.4 Å². The molecule has 0 aliphatic rings. The van der Waals surface area contributed by atoms with Crippen LogP contribution in [0.25, 0.3) is 0 Å². The molecule has 1 aromatic carbocycles. The van der Waals surface area contributed by atoms with Gasteiger partial charge in [0, 0.05) is 29.9 Å². The van der Waals surface area contributed by atoms with E-state index in [4.69, 9.17) is 11.6 Å². The standard InChI is InChI=1S/C11H10ClFN4O2/c1-6-7(5-15-16-6)4-14-10-3-9(13)8(12)2-11(10)17(18)19/h2-3,5,14H,4H2,1H3,(H,15,16). The van der Waals surface area contributed by atoms with E-state index in [0.29, 0.717) is 6.54 Å². The first-order valence-corrected chi connectivity index (χ1v) is 5.73. The third kappa shape index (κ3) is 2.82.